The number of alkyl halides is 1. The van der Waals surface area contributed by atoms with Crippen LogP contribution in [0.5, 0.6) is 0 Å². The summed E-state index contributed by atoms with van der Waals surface area (Å²) < 4.78 is 0. The minimum absolute atomic E-state index is 0.152. The highest BCUT2D eigenvalue weighted by Crippen LogP contribution is 2.28. The first-order valence-corrected chi connectivity index (χ1v) is 6.91. The van der Waals surface area contributed by atoms with Crippen molar-refractivity contribution in [1.82, 2.24) is 0 Å². The second-order valence-electron chi connectivity index (χ2n) is 4.67. The van der Waals surface area contributed by atoms with Crippen LogP contribution in [0, 0.1) is 0 Å². The third-order valence-electron chi connectivity index (χ3n) is 3.22. The van der Waals surface area contributed by atoms with E-state index < -0.39 is 5.38 Å². The van der Waals surface area contributed by atoms with Crippen LogP contribution in [0.2, 0.25) is 0 Å². The van der Waals surface area contributed by atoms with Gasteiger partial charge in [-0.25, -0.2) is 0 Å². The van der Waals surface area contributed by atoms with E-state index in [-0.39, 0.29) is 5.91 Å². The van der Waals surface area contributed by atoms with Gasteiger partial charge in [0.15, 0.2) is 0 Å². The van der Waals surface area contributed by atoms with Crippen LogP contribution in [-0.4, -0.2) is 24.4 Å². The Labute approximate surface area is 113 Å². The van der Waals surface area contributed by atoms with Crippen LogP contribution in [0.3, 0.4) is 0 Å². The molecule has 1 aromatic carbocycles. The first-order chi connectivity index (χ1) is 8.68. The largest absolute Gasteiger partial charge is 0.370 e. The smallest absolute Gasteiger partial charge is 0.242 e. The molecule has 18 heavy (non-hydrogen) atoms. The number of carbonyl (C=O) groups excluding carboxylic acids is 1. The van der Waals surface area contributed by atoms with Gasteiger partial charge in [-0.3, -0.25) is 4.79 Å². The van der Waals surface area contributed by atoms with Crippen LogP contribution < -0.4 is 10.2 Å². The zero-order chi connectivity index (χ0) is 13.0. The van der Waals surface area contributed by atoms with Gasteiger partial charge in [-0.15, -0.1) is 11.6 Å². The fourth-order valence-corrected chi connectivity index (χ4v) is 2.28. The molecule has 4 heteroatoms. The molecule has 1 N–H and O–H groups in total. The van der Waals surface area contributed by atoms with E-state index in [0.717, 1.165) is 24.5 Å². The molecule has 1 atom stereocenters. The molecule has 1 aliphatic rings. The molecule has 0 unspecified atom stereocenters. The second-order valence-corrected chi connectivity index (χ2v) is 5.32. The van der Waals surface area contributed by atoms with Crippen molar-refractivity contribution in [2.45, 2.75) is 31.6 Å². The van der Waals surface area contributed by atoms with Crippen molar-refractivity contribution < 1.29 is 4.79 Å². The van der Waals surface area contributed by atoms with Gasteiger partial charge >= 0.3 is 0 Å². The molecule has 1 saturated heterocycles. The standard InChI is InChI=1S/C14H19ClN2O/c1-11(15)14(18)16-12-7-3-4-8-13(12)17-9-5-2-6-10-17/h3-4,7-8,11H,2,5-6,9-10H2,1H3,(H,16,18)/t11-/m0/s1. The molecule has 98 valence electrons. The van der Waals surface area contributed by atoms with Crippen molar-refractivity contribution in [1.29, 1.82) is 0 Å². The number of benzene rings is 1. The van der Waals surface area contributed by atoms with Crippen LogP contribution in [0.1, 0.15) is 26.2 Å². The number of amides is 1. The maximum Gasteiger partial charge on any atom is 0.242 e. The molecular formula is C14H19ClN2O. The number of carbonyl (C=O) groups is 1. The number of nitrogens with one attached hydrogen (secondary N) is 1. The summed E-state index contributed by atoms with van der Waals surface area (Å²) in [6.07, 6.45) is 3.73. The maximum atomic E-state index is 11.7. The number of rotatable bonds is 3. The summed E-state index contributed by atoms with van der Waals surface area (Å²) in [7, 11) is 0. The summed E-state index contributed by atoms with van der Waals surface area (Å²) in [5.41, 5.74) is 1.96. The van der Waals surface area contributed by atoms with Gasteiger partial charge in [0.2, 0.25) is 5.91 Å². The fourth-order valence-electron chi connectivity index (χ4n) is 2.22. The zero-order valence-corrected chi connectivity index (χ0v) is 11.4. The third-order valence-corrected chi connectivity index (χ3v) is 3.42. The van der Waals surface area contributed by atoms with Gasteiger partial charge in [0.05, 0.1) is 11.4 Å². The van der Waals surface area contributed by atoms with E-state index in [4.69, 9.17) is 11.6 Å². The van der Waals surface area contributed by atoms with Crippen LogP contribution in [0.4, 0.5) is 11.4 Å². The Morgan fingerprint density at radius 1 is 1.28 bits per heavy atom. The lowest BCUT2D eigenvalue weighted by Crippen LogP contribution is -2.31. The molecule has 2 rings (SSSR count). The third kappa shape index (κ3) is 3.16. The molecule has 0 spiro atoms. The predicted octanol–water partition coefficient (Wildman–Crippen LogP) is 3.24. The van der Waals surface area contributed by atoms with Gasteiger partial charge in [-0.2, -0.15) is 0 Å². The highest BCUT2D eigenvalue weighted by molar-refractivity contribution is 6.32. The quantitative estimate of drug-likeness (QED) is 0.852. The van der Waals surface area contributed by atoms with Crippen LogP contribution >= 0.6 is 11.6 Å². The first-order valence-electron chi connectivity index (χ1n) is 6.47. The normalized spacial score (nSPS) is 17.3. The second kappa shape index (κ2) is 6.10. The summed E-state index contributed by atoms with van der Waals surface area (Å²) in [4.78, 5) is 14.0. The summed E-state index contributed by atoms with van der Waals surface area (Å²) >= 11 is 5.79. The van der Waals surface area contributed by atoms with Gasteiger partial charge in [0.25, 0.3) is 0 Å². The van der Waals surface area contributed by atoms with Crippen molar-refractivity contribution in [2.75, 3.05) is 23.3 Å². The van der Waals surface area contributed by atoms with E-state index in [9.17, 15) is 4.79 Å². The average molecular weight is 267 g/mol. The number of halogens is 1. The van der Waals surface area contributed by atoms with E-state index >= 15 is 0 Å². The molecular weight excluding hydrogens is 248 g/mol. The van der Waals surface area contributed by atoms with E-state index in [2.05, 4.69) is 16.3 Å². The zero-order valence-electron chi connectivity index (χ0n) is 10.7. The van der Waals surface area contributed by atoms with E-state index in [0.29, 0.717) is 0 Å². The van der Waals surface area contributed by atoms with Gasteiger partial charge in [-0.1, -0.05) is 12.1 Å². The van der Waals surface area contributed by atoms with Gasteiger partial charge in [0.1, 0.15) is 5.38 Å². The number of anilines is 2. The lowest BCUT2D eigenvalue weighted by Gasteiger charge is -2.30. The Balaban J connectivity index is 2.16. The first kappa shape index (κ1) is 13.2. The van der Waals surface area contributed by atoms with Gasteiger partial charge < -0.3 is 10.2 Å². The SMILES string of the molecule is C[C@H](Cl)C(=O)Nc1ccccc1N1CCCCC1. The number of hydrogen-bond donors (Lipinski definition) is 1. The van der Waals surface area contributed by atoms with E-state index in [1.54, 1.807) is 6.92 Å². The molecule has 3 nitrogen and oxygen atoms in total. The Kier molecular flexibility index (Phi) is 4.48. The number of para-hydroxylation sites is 2. The molecule has 0 radical (unpaired) electrons. The predicted molar refractivity (Wildman–Crippen MR) is 76.5 cm³/mol. The Morgan fingerprint density at radius 3 is 2.61 bits per heavy atom. The minimum Gasteiger partial charge on any atom is -0.370 e. The molecule has 1 fully saturated rings. The summed E-state index contributed by atoms with van der Waals surface area (Å²) in [6.45, 7) is 3.80. The van der Waals surface area contributed by atoms with Crippen LogP contribution in [-0.2, 0) is 4.79 Å². The maximum absolute atomic E-state index is 11.7. The van der Waals surface area contributed by atoms with Crippen molar-refractivity contribution in [3.05, 3.63) is 24.3 Å². The van der Waals surface area contributed by atoms with Crippen molar-refractivity contribution in [2.24, 2.45) is 0 Å². The van der Waals surface area contributed by atoms with E-state index in [1.807, 2.05) is 18.2 Å². The van der Waals surface area contributed by atoms with Crippen molar-refractivity contribution in [3.63, 3.8) is 0 Å². The Bertz CT molecular complexity index is 414. The molecule has 0 bridgehead atoms. The minimum atomic E-state index is -0.514. The average Bonchev–Trinajstić information content (AvgIpc) is 2.40. The molecule has 1 heterocycles. The molecule has 1 amide bonds. The number of piperidine rings is 1. The number of hydrogen-bond acceptors (Lipinski definition) is 2. The molecule has 0 saturated carbocycles. The van der Waals surface area contributed by atoms with Crippen molar-refractivity contribution >= 4 is 28.9 Å². The monoisotopic (exact) mass is 266 g/mol. The highest BCUT2D eigenvalue weighted by Gasteiger charge is 2.16. The molecule has 0 aromatic heterocycles. The van der Waals surface area contributed by atoms with Crippen LogP contribution in [0.15, 0.2) is 24.3 Å². The number of nitrogens with zero attached hydrogens (tertiary/aromatic N) is 1. The Morgan fingerprint density at radius 2 is 1.94 bits per heavy atom. The lowest BCUT2D eigenvalue weighted by atomic mass is 10.1. The lowest BCUT2D eigenvalue weighted by molar-refractivity contribution is -0.115. The van der Waals surface area contributed by atoms with Crippen LogP contribution in [0.25, 0.3) is 0 Å². The Hall–Kier alpha value is -1.22. The topological polar surface area (TPSA) is 32.3 Å². The van der Waals surface area contributed by atoms with Gasteiger partial charge in [-0.05, 0) is 38.3 Å². The molecule has 0 aliphatic carbocycles. The summed E-state index contributed by atoms with van der Waals surface area (Å²) in [5.74, 6) is -0.152. The molecule has 1 aromatic rings. The molecule has 1 aliphatic heterocycles. The van der Waals surface area contributed by atoms with Gasteiger partial charge in [0, 0.05) is 13.1 Å². The fraction of sp³-hybridized carbons (Fsp3) is 0.500. The highest BCUT2D eigenvalue weighted by atomic mass is 35.5. The summed E-state index contributed by atoms with van der Waals surface area (Å²) in [5, 5.41) is 2.38. The van der Waals surface area contributed by atoms with E-state index in [1.165, 1.54) is 19.3 Å². The summed E-state index contributed by atoms with van der Waals surface area (Å²) in [6, 6.07) is 7.92. The van der Waals surface area contributed by atoms with Crippen molar-refractivity contribution in [3.8, 4) is 0 Å².